The molecule has 5 aromatic rings. The molecular weight excluding hydrogens is 374 g/mol. The van der Waals surface area contributed by atoms with Gasteiger partial charge < -0.3 is 4.90 Å². The van der Waals surface area contributed by atoms with Gasteiger partial charge in [-0.25, -0.2) is 0 Å². The van der Waals surface area contributed by atoms with Gasteiger partial charge in [-0.2, -0.15) is 0 Å². The first-order valence-electron chi connectivity index (χ1n) is 10.9. The molecule has 0 aliphatic carbocycles. The van der Waals surface area contributed by atoms with Crippen LogP contribution in [0, 0.1) is 0 Å². The van der Waals surface area contributed by atoms with E-state index in [2.05, 4.69) is 135 Å². The third-order valence-electron chi connectivity index (χ3n) is 5.87. The highest BCUT2D eigenvalue weighted by atomic mass is 15.2. The first-order valence-corrected chi connectivity index (χ1v) is 10.9. The van der Waals surface area contributed by atoms with Crippen molar-refractivity contribution in [3.63, 3.8) is 0 Å². The first kappa shape index (κ1) is 19.4. The minimum Gasteiger partial charge on any atom is -0.336 e. The molecule has 1 nitrogen and oxygen atoms in total. The zero-order valence-corrected chi connectivity index (χ0v) is 18.3. The zero-order chi connectivity index (χ0) is 21.4. The molecule has 5 aromatic carbocycles. The van der Waals surface area contributed by atoms with Gasteiger partial charge in [-0.1, -0.05) is 84.9 Å². The molecule has 0 N–H and O–H groups in total. The van der Waals surface area contributed by atoms with E-state index in [0.29, 0.717) is 0 Å². The molecule has 0 atom stereocenters. The maximum absolute atomic E-state index is 2.44. The number of rotatable bonds is 3. The second kappa shape index (κ2) is 7.59. The third kappa shape index (κ3) is 3.68. The van der Waals surface area contributed by atoms with Gasteiger partial charge in [-0.05, 0) is 77.7 Å². The molecule has 0 fully saturated rings. The van der Waals surface area contributed by atoms with Crippen molar-refractivity contribution in [2.45, 2.75) is 26.3 Å². The van der Waals surface area contributed by atoms with Gasteiger partial charge in [0.2, 0.25) is 0 Å². The number of benzene rings is 5. The van der Waals surface area contributed by atoms with Gasteiger partial charge >= 0.3 is 0 Å². The summed E-state index contributed by atoms with van der Waals surface area (Å²) in [5, 5.41) is 5.09. The number of nitrogens with zero attached hydrogens (tertiary/aromatic N) is 1. The summed E-state index contributed by atoms with van der Waals surface area (Å²) in [4.78, 5) is 2.44. The molecule has 0 unspecified atom stereocenters. The monoisotopic (exact) mass is 401 g/mol. The first-order chi connectivity index (χ1) is 15.0. The number of hydrogen-bond donors (Lipinski definition) is 0. The Morgan fingerprint density at radius 3 is 1.97 bits per heavy atom. The van der Waals surface area contributed by atoms with E-state index in [-0.39, 0.29) is 5.54 Å². The Labute approximate surface area is 184 Å². The van der Waals surface area contributed by atoms with E-state index in [0.717, 1.165) is 0 Å². The predicted octanol–water partition coefficient (Wildman–Crippen LogP) is 8.60. The molecule has 5 rings (SSSR count). The van der Waals surface area contributed by atoms with E-state index in [4.69, 9.17) is 0 Å². The van der Waals surface area contributed by atoms with Gasteiger partial charge in [0, 0.05) is 16.9 Å². The fourth-order valence-electron chi connectivity index (χ4n) is 4.53. The van der Waals surface area contributed by atoms with Crippen molar-refractivity contribution in [2.75, 3.05) is 4.90 Å². The van der Waals surface area contributed by atoms with E-state index in [9.17, 15) is 0 Å². The molecule has 1 heteroatoms. The van der Waals surface area contributed by atoms with Crippen molar-refractivity contribution >= 4 is 32.9 Å². The number of anilines is 2. The molecule has 0 aliphatic heterocycles. The van der Waals surface area contributed by atoms with Gasteiger partial charge in [-0.3, -0.25) is 0 Å². The maximum atomic E-state index is 2.44. The van der Waals surface area contributed by atoms with Crippen molar-refractivity contribution in [1.82, 2.24) is 0 Å². The van der Waals surface area contributed by atoms with Crippen LogP contribution in [-0.4, -0.2) is 5.54 Å². The summed E-state index contributed by atoms with van der Waals surface area (Å²) in [5.41, 5.74) is 4.85. The van der Waals surface area contributed by atoms with Crippen LogP contribution >= 0.6 is 0 Å². The van der Waals surface area contributed by atoms with Crippen LogP contribution in [-0.2, 0) is 0 Å². The van der Waals surface area contributed by atoms with E-state index in [1.54, 1.807) is 0 Å². The van der Waals surface area contributed by atoms with Crippen LogP contribution in [0.1, 0.15) is 20.8 Å². The highest BCUT2D eigenvalue weighted by molar-refractivity contribution is 5.97. The van der Waals surface area contributed by atoms with Crippen molar-refractivity contribution in [3.8, 4) is 11.1 Å². The Morgan fingerprint density at radius 2 is 1.16 bits per heavy atom. The Hall–Kier alpha value is -3.58. The lowest BCUT2D eigenvalue weighted by atomic mass is 9.96. The minimum absolute atomic E-state index is 0.0696. The smallest absolute Gasteiger partial charge is 0.0422 e. The van der Waals surface area contributed by atoms with Crippen LogP contribution < -0.4 is 4.90 Å². The van der Waals surface area contributed by atoms with Gasteiger partial charge in [-0.15, -0.1) is 0 Å². The van der Waals surface area contributed by atoms with Crippen LogP contribution in [0.3, 0.4) is 0 Å². The molecule has 0 amide bonds. The Balaban J connectivity index is 1.66. The normalized spacial score (nSPS) is 11.7. The summed E-state index contributed by atoms with van der Waals surface area (Å²) in [7, 11) is 0. The topological polar surface area (TPSA) is 3.24 Å². The zero-order valence-electron chi connectivity index (χ0n) is 18.3. The predicted molar refractivity (Wildman–Crippen MR) is 135 cm³/mol. The second-order valence-corrected chi connectivity index (χ2v) is 9.11. The molecule has 0 aliphatic rings. The Kier molecular flexibility index (Phi) is 4.75. The van der Waals surface area contributed by atoms with Crippen LogP contribution in [0.15, 0.2) is 109 Å². The number of hydrogen-bond acceptors (Lipinski definition) is 1. The van der Waals surface area contributed by atoms with Crippen molar-refractivity contribution in [3.05, 3.63) is 109 Å². The van der Waals surface area contributed by atoms with Crippen LogP contribution in [0.4, 0.5) is 11.4 Å². The van der Waals surface area contributed by atoms with Crippen molar-refractivity contribution in [2.24, 2.45) is 0 Å². The maximum Gasteiger partial charge on any atom is 0.0422 e. The van der Waals surface area contributed by atoms with E-state index in [1.807, 2.05) is 0 Å². The molecule has 0 bridgehead atoms. The molecule has 152 valence electrons. The summed E-state index contributed by atoms with van der Waals surface area (Å²) in [5.74, 6) is 0. The summed E-state index contributed by atoms with van der Waals surface area (Å²) < 4.78 is 0. The fraction of sp³-hybridized carbons (Fsp3) is 0.133. The largest absolute Gasteiger partial charge is 0.336 e. The van der Waals surface area contributed by atoms with E-state index in [1.165, 1.54) is 44.0 Å². The summed E-state index contributed by atoms with van der Waals surface area (Å²) >= 11 is 0. The summed E-state index contributed by atoms with van der Waals surface area (Å²) in [6, 6.07) is 39.4. The fourth-order valence-corrected chi connectivity index (χ4v) is 4.53. The molecule has 0 aromatic heterocycles. The van der Waals surface area contributed by atoms with E-state index >= 15 is 0 Å². The summed E-state index contributed by atoms with van der Waals surface area (Å²) in [6.07, 6.45) is 0. The highest BCUT2D eigenvalue weighted by Gasteiger charge is 2.24. The SMILES string of the molecule is CC(C)(C)N(c1cccc(-c2cccc3ccccc23)c1)c1ccc2ccccc2c1. The third-order valence-corrected chi connectivity index (χ3v) is 5.87. The second-order valence-electron chi connectivity index (χ2n) is 9.11. The van der Waals surface area contributed by atoms with Crippen LogP contribution in [0.25, 0.3) is 32.7 Å². The molecule has 31 heavy (non-hydrogen) atoms. The standard InChI is InChI=1S/C30H27N/c1-30(2,3)31(27-19-18-22-10-4-5-12-24(22)20-27)26-15-8-14-25(21-26)29-17-9-13-23-11-6-7-16-28(23)29/h4-21H,1-3H3. The minimum atomic E-state index is -0.0696. The average Bonchev–Trinajstić information content (AvgIpc) is 2.78. The highest BCUT2D eigenvalue weighted by Crippen LogP contribution is 2.38. The molecule has 0 radical (unpaired) electrons. The van der Waals surface area contributed by atoms with Gasteiger partial charge in [0.25, 0.3) is 0 Å². The lowest BCUT2D eigenvalue weighted by Crippen LogP contribution is -2.37. The molecule has 0 spiro atoms. The van der Waals surface area contributed by atoms with E-state index < -0.39 is 0 Å². The van der Waals surface area contributed by atoms with Gasteiger partial charge in [0.05, 0.1) is 0 Å². The van der Waals surface area contributed by atoms with Crippen LogP contribution in [0.5, 0.6) is 0 Å². The number of fused-ring (bicyclic) bond motifs is 2. The average molecular weight is 402 g/mol. The lowest BCUT2D eigenvalue weighted by molar-refractivity contribution is 0.560. The molecular formula is C30H27N. The Morgan fingerprint density at radius 1 is 0.516 bits per heavy atom. The molecule has 0 heterocycles. The lowest BCUT2D eigenvalue weighted by Gasteiger charge is -2.38. The summed E-state index contributed by atoms with van der Waals surface area (Å²) in [6.45, 7) is 6.81. The van der Waals surface area contributed by atoms with Crippen molar-refractivity contribution < 1.29 is 0 Å². The van der Waals surface area contributed by atoms with Gasteiger partial charge in [0.15, 0.2) is 0 Å². The Bertz CT molecular complexity index is 1370. The molecule has 0 saturated carbocycles. The van der Waals surface area contributed by atoms with Crippen LogP contribution in [0.2, 0.25) is 0 Å². The quantitative estimate of drug-likeness (QED) is 0.292. The van der Waals surface area contributed by atoms with Crippen molar-refractivity contribution in [1.29, 1.82) is 0 Å². The molecule has 0 saturated heterocycles. The van der Waals surface area contributed by atoms with Gasteiger partial charge in [0.1, 0.15) is 0 Å².